The van der Waals surface area contributed by atoms with Crippen LogP contribution in [0.1, 0.15) is 5.56 Å². The van der Waals surface area contributed by atoms with E-state index in [0.717, 1.165) is 0 Å². The molecule has 0 saturated carbocycles. The van der Waals surface area contributed by atoms with Gasteiger partial charge >= 0.3 is 0 Å². The Morgan fingerprint density at radius 3 is 2.70 bits per heavy atom. The highest BCUT2D eigenvalue weighted by Gasteiger charge is 2.26. The Kier molecular flexibility index (Phi) is 4.24. The van der Waals surface area contributed by atoms with Gasteiger partial charge in [-0.3, -0.25) is 10.1 Å². The number of anilines is 1. The van der Waals surface area contributed by atoms with Crippen LogP contribution < -0.4 is 4.90 Å². The van der Waals surface area contributed by atoms with E-state index < -0.39 is 14.8 Å². The summed E-state index contributed by atoms with van der Waals surface area (Å²) in [6.07, 6.45) is 0. The smallest absolute Gasteiger partial charge is 0.270 e. The zero-order chi connectivity index (χ0) is 19.2. The minimum atomic E-state index is -3.36. The first-order valence-corrected chi connectivity index (χ1v) is 10.2. The topological polar surface area (TPSA) is 93.4 Å². The number of sulfone groups is 1. The maximum atomic E-state index is 12.5. The van der Waals surface area contributed by atoms with E-state index in [1.54, 1.807) is 36.4 Å². The molecule has 0 radical (unpaired) electrons. The number of fused-ring (bicyclic) bond motifs is 2. The van der Waals surface area contributed by atoms with Crippen LogP contribution in [0.5, 0.6) is 0 Å². The molecule has 0 saturated heterocycles. The van der Waals surface area contributed by atoms with Crippen molar-refractivity contribution >= 4 is 43.8 Å². The fourth-order valence-corrected chi connectivity index (χ4v) is 4.94. The Hall–Kier alpha value is -2.71. The van der Waals surface area contributed by atoms with Crippen LogP contribution in [0, 0.1) is 10.1 Å². The van der Waals surface area contributed by atoms with Crippen LogP contribution in [0.2, 0.25) is 5.02 Å². The average molecular weight is 404 g/mol. The lowest BCUT2D eigenvalue weighted by Crippen LogP contribution is -2.26. The summed E-state index contributed by atoms with van der Waals surface area (Å²) in [4.78, 5) is 17.2. The molecule has 9 heteroatoms. The summed E-state index contributed by atoms with van der Waals surface area (Å²) in [6.45, 7) is 0.663. The minimum absolute atomic E-state index is 0.0262. The molecule has 0 N–H and O–H groups in total. The number of halogens is 1. The fourth-order valence-electron chi connectivity index (χ4n) is 3.19. The van der Waals surface area contributed by atoms with Crippen LogP contribution in [0.4, 0.5) is 11.5 Å². The molecule has 0 unspecified atom stereocenters. The van der Waals surface area contributed by atoms with E-state index >= 15 is 0 Å². The third-order valence-electron chi connectivity index (χ3n) is 4.56. The van der Waals surface area contributed by atoms with Crippen LogP contribution in [-0.4, -0.2) is 30.6 Å². The quantitative estimate of drug-likeness (QED) is 0.479. The van der Waals surface area contributed by atoms with Crippen molar-refractivity contribution in [1.29, 1.82) is 0 Å². The van der Waals surface area contributed by atoms with Crippen LogP contribution in [-0.2, 0) is 16.4 Å². The largest absolute Gasteiger partial charge is 0.351 e. The maximum absolute atomic E-state index is 12.5. The van der Waals surface area contributed by atoms with Gasteiger partial charge in [-0.05, 0) is 23.8 Å². The van der Waals surface area contributed by atoms with E-state index in [1.165, 1.54) is 12.1 Å². The number of non-ortho nitro benzene ring substituents is 1. The van der Waals surface area contributed by atoms with Gasteiger partial charge in [0, 0.05) is 30.6 Å². The lowest BCUT2D eigenvalue weighted by Gasteiger charge is -2.22. The number of rotatable bonds is 2. The molecule has 0 atom stereocenters. The van der Waals surface area contributed by atoms with Gasteiger partial charge in [-0.15, -0.1) is 0 Å². The number of benzene rings is 2. The summed E-state index contributed by atoms with van der Waals surface area (Å²) in [7, 11) is -3.36. The lowest BCUT2D eigenvalue weighted by atomic mass is 10.2. The number of hydrogen-bond acceptors (Lipinski definition) is 6. The molecule has 2 aromatic carbocycles. The van der Waals surface area contributed by atoms with Crippen molar-refractivity contribution in [1.82, 2.24) is 4.98 Å². The van der Waals surface area contributed by atoms with Crippen LogP contribution in [0.25, 0.3) is 10.9 Å². The summed E-state index contributed by atoms with van der Waals surface area (Å²) in [6, 6.07) is 12.8. The molecule has 1 aliphatic heterocycles. The number of pyridine rings is 1. The second kappa shape index (κ2) is 6.47. The molecule has 1 aliphatic rings. The fraction of sp³-hybridized carbons (Fsp3) is 0.167. The van der Waals surface area contributed by atoms with Crippen molar-refractivity contribution in [3.63, 3.8) is 0 Å². The molecule has 3 aromatic rings. The first-order valence-electron chi connectivity index (χ1n) is 8.15. The summed E-state index contributed by atoms with van der Waals surface area (Å²) >= 11 is 6.35. The Balaban J connectivity index is 1.79. The highest BCUT2D eigenvalue weighted by Crippen LogP contribution is 2.32. The number of nitro benzene ring substituents is 1. The molecule has 138 valence electrons. The van der Waals surface area contributed by atoms with Crippen molar-refractivity contribution in [3.8, 4) is 0 Å². The summed E-state index contributed by atoms with van der Waals surface area (Å²) in [5.41, 5.74) is 1.16. The lowest BCUT2D eigenvalue weighted by molar-refractivity contribution is -0.384. The third-order valence-corrected chi connectivity index (χ3v) is 6.66. The highest BCUT2D eigenvalue weighted by atomic mass is 35.5. The van der Waals surface area contributed by atoms with Gasteiger partial charge in [0.15, 0.2) is 9.84 Å². The second-order valence-corrected chi connectivity index (χ2v) is 8.75. The van der Waals surface area contributed by atoms with Crippen LogP contribution in [0.15, 0.2) is 53.4 Å². The molecule has 7 nitrogen and oxygen atoms in total. The van der Waals surface area contributed by atoms with E-state index in [0.29, 0.717) is 38.7 Å². The number of nitrogens with zero attached hydrogens (tertiary/aromatic N) is 3. The molecule has 0 aliphatic carbocycles. The molecule has 0 spiro atoms. The van der Waals surface area contributed by atoms with Gasteiger partial charge < -0.3 is 4.90 Å². The molecule has 0 bridgehead atoms. The van der Waals surface area contributed by atoms with Gasteiger partial charge in [-0.25, -0.2) is 13.4 Å². The molecule has 27 heavy (non-hydrogen) atoms. The van der Waals surface area contributed by atoms with Gasteiger partial charge in [0.1, 0.15) is 5.82 Å². The van der Waals surface area contributed by atoms with Crippen molar-refractivity contribution in [2.45, 2.75) is 11.4 Å². The maximum Gasteiger partial charge on any atom is 0.270 e. The minimum Gasteiger partial charge on any atom is -0.351 e. The highest BCUT2D eigenvalue weighted by molar-refractivity contribution is 7.91. The Morgan fingerprint density at radius 1 is 1.15 bits per heavy atom. The molecule has 2 heterocycles. The average Bonchev–Trinajstić information content (AvgIpc) is 2.78. The molecule has 4 rings (SSSR count). The number of hydrogen-bond donors (Lipinski definition) is 0. The second-order valence-electron chi connectivity index (χ2n) is 6.27. The zero-order valence-corrected chi connectivity index (χ0v) is 15.6. The van der Waals surface area contributed by atoms with Crippen molar-refractivity contribution in [2.24, 2.45) is 0 Å². The van der Waals surface area contributed by atoms with E-state index in [2.05, 4.69) is 4.98 Å². The van der Waals surface area contributed by atoms with Crippen molar-refractivity contribution in [2.75, 3.05) is 17.2 Å². The van der Waals surface area contributed by atoms with Gasteiger partial charge in [-0.1, -0.05) is 29.8 Å². The van der Waals surface area contributed by atoms with Crippen molar-refractivity contribution < 1.29 is 13.3 Å². The Bertz CT molecular complexity index is 1180. The van der Waals surface area contributed by atoms with E-state index in [4.69, 9.17) is 11.6 Å². The first kappa shape index (κ1) is 17.7. The molecule has 1 aromatic heterocycles. The predicted octanol–water partition coefficient (Wildman–Crippen LogP) is 3.59. The van der Waals surface area contributed by atoms with Gasteiger partial charge in [0.2, 0.25) is 0 Å². The standard InChI is InChI=1S/C18H14ClN3O4S/c19-15-10-18(20-16-6-5-13(22(23)24)9-14(15)16)21-7-8-27(25,26)17-4-2-1-3-12(17)11-21/h1-6,9-10H,7-8,11H2. The first-order chi connectivity index (χ1) is 12.8. The van der Waals surface area contributed by atoms with E-state index in [-0.39, 0.29) is 18.0 Å². The number of aromatic nitrogens is 1. The van der Waals surface area contributed by atoms with E-state index in [1.807, 2.05) is 4.90 Å². The molecular formula is C18H14ClN3O4S. The summed E-state index contributed by atoms with van der Waals surface area (Å²) in [5, 5.41) is 11.8. The van der Waals surface area contributed by atoms with Gasteiger partial charge in [0.05, 0.1) is 26.1 Å². The normalized spacial score (nSPS) is 16.0. The SMILES string of the molecule is O=[N+]([O-])c1ccc2nc(N3CCS(=O)(=O)c4ccccc4C3)cc(Cl)c2c1. The molecular weight excluding hydrogens is 390 g/mol. The summed E-state index contributed by atoms with van der Waals surface area (Å²) < 4.78 is 25.0. The zero-order valence-electron chi connectivity index (χ0n) is 14.0. The van der Waals surface area contributed by atoms with Crippen LogP contribution in [0.3, 0.4) is 0 Å². The Labute approximate surface area is 160 Å². The van der Waals surface area contributed by atoms with Gasteiger partial charge in [0.25, 0.3) is 5.69 Å². The van der Waals surface area contributed by atoms with Crippen LogP contribution >= 0.6 is 11.6 Å². The van der Waals surface area contributed by atoms with Gasteiger partial charge in [-0.2, -0.15) is 0 Å². The number of nitro groups is 1. The van der Waals surface area contributed by atoms with E-state index in [9.17, 15) is 18.5 Å². The van der Waals surface area contributed by atoms with Crippen molar-refractivity contribution in [3.05, 3.63) is 69.2 Å². The third kappa shape index (κ3) is 3.22. The molecule has 0 amide bonds. The predicted molar refractivity (Wildman–Crippen MR) is 103 cm³/mol. The Morgan fingerprint density at radius 2 is 1.93 bits per heavy atom. The summed E-state index contributed by atoms with van der Waals surface area (Å²) in [5.74, 6) is 0.509. The monoisotopic (exact) mass is 403 g/mol. The molecule has 0 fully saturated rings.